The normalized spacial score (nSPS) is 9.81. The molecular weight excluding hydrogens is 248 g/mol. The van der Waals surface area contributed by atoms with Gasteiger partial charge in [-0.1, -0.05) is 22.9 Å². The number of nitrogens with zero attached hydrogens (tertiary/aromatic N) is 2. The Balaban J connectivity index is 1.95. The number of hydrogen-bond acceptors (Lipinski definition) is 4. The van der Waals surface area contributed by atoms with Gasteiger partial charge in [-0.25, -0.2) is 4.79 Å². The maximum atomic E-state index is 11.4. The van der Waals surface area contributed by atoms with Gasteiger partial charge >= 0.3 is 6.03 Å². The Labute approximate surface area is 100 Å². The van der Waals surface area contributed by atoms with Gasteiger partial charge in [0.2, 0.25) is 5.13 Å². The number of aromatic nitrogens is 2. The van der Waals surface area contributed by atoms with E-state index in [2.05, 4.69) is 20.8 Å². The van der Waals surface area contributed by atoms with Crippen molar-refractivity contribution in [2.75, 3.05) is 10.6 Å². The van der Waals surface area contributed by atoms with E-state index in [0.29, 0.717) is 15.8 Å². The second-order valence-corrected chi connectivity index (χ2v) is 4.10. The summed E-state index contributed by atoms with van der Waals surface area (Å²) < 4.78 is 0. The molecule has 2 rings (SSSR count). The van der Waals surface area contributed by atoms with E-state index in [1.54, 1.807) is 24.3 Å². The van der Waals surface area contributed by atoms with Crippen molar-refractivity contribution in [3.05, 3.63) is 34.8 Å². The minimum Gasteiger partial charge on any atom is -0.308 e. The molecule has 1 aromatic carbocycles. The average Bonchev–Trinajstić information content (AvgIpc) is 2.74. The zero-order valence-electron chi connectivity index (χ0n) is 7.98. The number of halogens is 1. The van der Waals surface area contributed by atoms with Gasteiger partial charge < -0.3 is 5.32 Å². The van der Waals surface area contributed by atoms with Crippen LogP contribution in [0.1, 0.15) is 0 Å². The van der Waals surface area contributed by atoms with Crippen LogP contribution >= 0.6 is 22.9 Å². The number of nitrogens with one attached hydrogen (secondary N) is 2. The van der Waals surface area contributed by atoms with Crippen LogP contribution in [0.25, 0.3) is 0 Å². The van der Waals surface area contributed by atoms with Gasteiger partial charge in [-0.05, 0) is 24.3 Å². The van der Waals surface area contributed by atoms with Crippen molar-refractivity contribution < 1.29 is 4.79 Å². The Morgan fingerprint density at radius 1 is 1.25 bits per heavy atom. The number of anilines is 2. The van der Waals surface area contributed by atoms with Gasteiger partial charge in [-0.3, -0.25) is 5.32 Å². The van der Waals surface area contributed by atoms with Gasteiger partial charge in [0.1, 0.15) is 5.51 Å². The molecule has 0 aliphatic rings. The van der Waals surface area contributed by atoms with Crippen LogP contribution < -0.4 is 10.6 Å². The second kappa shape index (κ2) is 4.91. The summed E-state index contributed by atoms with van der Waals surface area (Å²) in [7, 11) is 0. The quantitative estimate of drug-likeness (QED) is 0.866. The lowest BCUT2D eigenvalue weighted by Gasteiger charge is -2.04. The highest BCUT2D eigenvalue weighted by Gasteiger charge is 2.04. The number of hydrogen-bond donors (Lipinski definition) is 2. The lowest BCUT2D eigenvalue weighted by molar-refractivity contribution is 0.262. The molecule has 0 radical (unpaired) electrons. The number of benzene rings is 1. The summed E-state index contributed by atoms with van der Waals surface area (Å²) in [5, 5.41) is 13.5. The van der Waals surface area contributed by atoms with Crippen molar-refractivity contribution >= 4 is 39.8 Å². The van der Waals surface area contributed by atoms with Crippen molar-refractivity contribution in [2.45, 2.75) is 0 Å². The van der Waals surface area contributed by atoms with E-state index in [9.17, 15) is 4.79 Å². The molecular formula is C9H7ClN4OS. The second-order valence-electron chi connectivity index (χ2n) is 2.83. The lowest BCUT2D eigenvalue weighted by atomic mass is 10.3. The molecule has 0 spiro atoms. The fourth-order valence-corrected chi connectivity index (χ4v) is 1.59. The van der Waals surface area contributed by atoms with Crippen molar-refractivity contribution in [1.82, 2.24) is 10.2 Å². The molecule has 16 heavy (non-hydrogen) atoms. The summed E-state index contributed by atoms with van der Waals surface area (Å²) in [5.41, 5.74) is 2.20. The molecule has 0 atom stereocenters. The first-order chi connectivity index (χ1) is 7.74. The number of carbonyl (C=O) groups is 1. The lowest BCUT2D eigenvalue weighted by Crippen LogP contribution is -2.19. The first-order valence-electron chi connectivity index (χ1n) is 4.34. The molecule has 0 fully saturated rings. The van der Waals surface area contributed by atoms with Crippen molar-refractivity contribution in [2.24, 2.45) is 0 Å². The highest BCUT2D eigenvalue weighted by molar-refractivity contribution is 7.13. The summed E-state index contributed by atoms with van der Waals surface area (Å²) in [6.45, 7) is 0. The van der Waals surface area contributed by atoms with Crippen molar-refractivity contribution in [1.29, 1.82) is 0 Å². The van der Waals surface area contributed by atoms with Crippen LogP contribution in [0.5, 0.6) is 0 Å². The molecule has 0 aliphatic carbocycles. The minimum atomic E-state index is -0.362. The molecule has 0 unspecified atom stereocenters. The van der Waals surface area contributed by atoms with Gasteiger partial charge in [0.15, 0.2) is 0 Å². The van der Waals surface area contributed by atoms with Crippen LogP contribution in [-0.2, 0) is 0 Å². The highest BCUT2D eigenvalue weighted by Crippen LogP contribution is 2.14. The Morgan fingerprint density at radius 3 is 2.62 bits per heavy atom. The van der Waals surface area contributed by atoms with E-state index in [4.69, 9.17) is 11.6 Å². The van der Waals surface area contributed by atoms with Gasteiger partial charge in [0, 0.05) is 10.7 Å². The SMILES string of the molecule is O=C(Nc1ccc(Cl)cc1)Nc1nncs1. The molecule has 0 saturated carbocycles. The number of amides is 2. The van der Waals surface area contributed by atoms with E-state index < -0.39 is 0 Å². The molecule has 82 valence electrons. The Bertz CT molecular complexity index is 471. The smallest absolute Gasteiger partial charge is 0.308 e. The molecule has 1 heterocycles. The number of carbonyl (C=O) groups excluding carboxylic acids is 1. The number of rotatable bonds is 2. The van der Waals surface area contributed by atoms with Crippen LogP contribution in [0, 0.1) is 0 Å². The zero-order chi connectivity index (χ0) is 11.4. The zero-order valence-corrected chi connectivity index (χ0v) is 9.55. The topological polar surface area (TPSA) is 66.9 Å². The van der Waals surface area contributed by atoms with Crippen LogP contribution in [0.4, 0.5) is 15.6 Å². The third kappa shape index (κ3) is 2.91. The molecule has 0 aliphatic heterocycles. The third-order valence-electron chi connectivity index (χ3n) is 1.68. The molecule has 2 N–H and O–H groups in total. The summed E-state index contributed by atoms with van der Waals surface area (Å²) >= 11 is 6.97. The van der Waals surface area contributed by atoms with Crippen molar-refractivity contribution in [3.63, 3.8) is 0 Å². The summed E-state index contributed by atoms with van der Waals surface area (Å²) in [6.07, 6.45) is 0. The highest BCUT2D eigenvalue weighted by atomic mass is 35.5. The van der Waals surface area contributed by atoms with Crippen LogP contribution in [0.3, 0.4) is 0 Å². The van der Waals surface area contributed by atoms with Gasteiger partial charge in [-0.2, -0.15) is 0 Å². The van der Waals surface area contributed by atoms with Crippen LogP contribution in [0.2, 0.25) is 5.02 Å². The predicted molar refractivity (Wildman–Crippen MR) is 64.0 cm³/mol. The number of urea groups is 1. The maximum absolute atomic E-state index is 11.4. The van der Waals surface area contributed by atoms with Crippen LogP contribution in [0.15, 0.2) is 29.8 Å². The Kier molecular flexibility index (Phi) is 3.33. The minimum absolute atomic E-state index is 0.362. The first-order valence-corrected chi connectivity index (χ1v) is 5.59. The summed E-state index contributed by atoms with van der Waals surface area (Å²) in [4.78, 5) is 11.4. The largest absolute Gasteiger partial charge is 0.325 e. The fraction of sp³-hybridized carbons (Fsp3) is 0. The molecule has 5 nitrogen and oxygen atoms in total. The van der Waals surface area contributed by atoms with E-state index in [-0.39, 0.29) is 6.03 Å². The van der Waals surface area contributed by atoms with E-state index >= 15 is 0 Å². The maximum Gasteiger partial charge on any atom is 0.325 e. The standard InChI is InChI=1S/C9H7ClN4OS/c10-6-1-3-7(4-2-6)12-8(15)13-9-14-11-5-16-9/h1-5H,(H2,12,13,14,15). The predicted octanol–water partition coefficient (Wildman–Crippen LogP) is 2.84. The van der Waals surface area contributed by atoms with E-state index in [1.807, 2.05) is 0 Å². The van der Waals surface area contributed by atoms with E-state index in [0.717, 1.165) is 0 Å². The van der Waals surface area contributed by atoms with E-state index in [1.165, 1.54) is 16.8 Å². The van der Waals surface area contributed by atoms with Gasteiger partial charge in [0.25, 0.3) is 0 Å². The molecule has 0 bridgehead atoms. The molecule has 2 amide bonds. The van der Waals surface area contributed by atoms with Gasteiger partial charge in [0.05, 0.1) is 0 Å². The molecule has 0 saturated heterocycles. The summed E-state index contributed by atoms with van der Waals surface area (Å²) in [5.74, 6) is 0. The summed E-state index contributed by atoms with van der Waals surface area (Å²) in [6, 6.07) is 6.45. The Morgan fingerprint density at radius 2 is 2.00 bits per heavy atom. The van der Waals surface area contributed by atoms with Crippen molar-refractivity contribution in [3.8, 4) is 0 Å². The van der Waals surface area contributed by atoms with Crippen LogP contribution in [-0.4, -0.2) is 16.2 Å². The van der Waals surface area contributed by atoms with Gasteiger partial charge in [-0.15, -0.1) is 10.2 Å². The fourth-order valence-electron chi connectivity index (χ4n) is 1.02. The molecule has 2 aromatic rings. The molecule has 7 heteroatoms. The first kappa shape index (κ1) is 10.8. The average molecular weight is 255 g/mol. The third-order valence-corrected chi connectivity index (χ3v) is 2.54. The monoisotopic (exact) mass is 254 g/mol. The molecule has 1 aromatic heterocycles. The Hall–Kier alpha value is -1.66.